The molecule has 0 amide bonds. The van der Waals surface area contributed by atoms with E-state index in [1.54, 1.807) is 12.1 Å². The number of hydrogen-bond acceptors (Lipinski definition) is 5. The van der Waals surface area contributed by atoms with Gasteiger partial charge in [0, 0.05) is 18.4 Å². The van der Waals surface area contributed by atoms with Gasteiger partial charge >= 0.3 is 0 Å². The van der Waals surface area contributed by atoms with Crippen LogP contribution in [0.5, 0.6) is 0 Å². The summed E-state index contributed by atoms with van der Waals surface area (Å²) < 4.78 is 26.8. The average molecular weight is 332 g/mol. The van der Waals surface area contributed by atoms with Crippen LogP contribution in [-0.4, -0.2) is 24.9 Å². The van der Waals surface area contributed by atoms with E-state index in [4.69, 9.17) is 0 Å². The largest absolute Gasteiger partial charge is 0.364 e. The molecule has 0 aromatic carbocycles. The van der Waals surface area contributed by atoms with Crippen molar-refractivity contribution < 1.29 is 8.42 Å². The minimum atomic E-state index is -3.46. The summed E-state index contributed by atoms with van der Waals surface area (Å²) >= 11 is 0. The lowest BCUT2D eigenvalue weighted by atomic mass is 10.3. The molecule has 3 rings (SSSR count). The lowest BCUT2D eigenvalue weighted by Gasteiger charge is -2.08. The van der Waals surface area contributed by atoms with Crippen molar-refractivity contribution in [1.82, 2.24) is 14.7 Å². The van der Waals surface area contributed by atoms with E-state index in [-0.39, 0.29) is 4.90 Å². The Morgan fingerprint density at radius 1 is 1.22 bits per heavy atom. The molecule has 1 aliphatic carbocycles. The molecule has 2 N–H and O–H groups in total. The maximum Gasteiger partial charge on any atom is 0.242 e. The van der Waals surface area contributed by atoms with Crippen LogP contribution in [0.4, 0.5) is 5.82 Å². The predicted molar refractivity (Wildman–Crippen MR) is 88.5 cm³/mol. The van der Waals surface area contributed by atoms with E-state index in [1.807, 2.05) is 25.1 Å². The highest BCUT2D eigenvalue weighted by Crippen LogP contribution is 2.28. The molecule has 0 aliphatic heterocycles. The van der Waals surface area contributed by atoms with Crippen LogP contribution in [0.1, 0.15) is 24.2 Å². The maximum absolute atomic E-state index is 12.1. The SMILES string of the molecule is Cc1cccc(CNc2ccc(S(=O)(=O)NCC3CC3)cn2)n1. The first-order chi connectivity index (χ1) is 11.0. The first-order valence-corrected chi connectivity index (χ1v) is 9.13. The number of hydrogen-bond donors (Lipinski definition) is 2. The molecule has 0 unspecified atom stereocenters. The van der Waals surface area contributed by atoms with Gasteiger partial charge in [0.1, 0.15) is 10.7 Å². The Morgan fingerprint density at radius 3 is 2.70 bits per heavy atom. The first-order valence-electron chi connectivity index (χ1n) is 7.65. The highest BCUT2D eigenvalue weighted by Gasteiger charge is 2.24. The summed E-state index contributed by atoms with van der Waals surface area (Å²) in [6.45, 7) is 3.00. The van der Waals surface area contributed by atoms with Crippen LogP contribution in [0, 0.1) is 12.8 Å². The molecule has 122 valence electrons. The zero-order valence-corrected chi connectivity index (χ0v) is 13.8. The van der Waals surface area contributed by atoms with Crippen LogP contribution >= 0.6 is 0 Å². The molecule has 23 heavy (non-hydrogen) atoms. The van der Waals surface area contributed by atoms with Crippen molar-refractivity contribution in [1.29, 1.82) is 0 Å². The summed E-state index contributed by atoms with van der Waals surface area (Å²) in [7, 11) is -3.46. The molecule has 0 radical (unpaired) electrons. The summed E-state index contributed by atoms with van der Waals surface area (Å²) in [5, 5.41) is 3.14. The van der Waals surface area contributed by atoms with E-state index in [0.717, 1.165) is 24.2 Å². The second-order valence-electron chi connectivity index (χ2n) is 5.80. The van der Waals surface area contributed by atoms with Crippen LogP contribution in [0.15, 0.2) is 41.4 Å². The Kier molecular flexibility index (Phi) is 4.58. The topological polar surface area (TPSA) is 84.0 Å². The second kappa shape index (κ2) is 6.64. The van der Waals surface area contributed by atoms with Gasteiger partial charge in [-0.1, -0.05) is 6.07 Å². The zero-order valence-electron chi connectivity index (χ0n) is 13.0. The quantitative estimate of drug-likeness (QED) is 0.811. The number of rotatable bonds is 7. The highest BCUT2D eigenvalue weighted by molar-refractivity contribution is 7.89. The Hall–Kier alpha value is -1.99. The van der Waals surface area contributed by atoms with E-state index in [2.05, 4.69) is 20.0 Å². The van der Waals surface area contributed by atoms with Crippen molar-refractivity contribution in [3.05, 3.63) is 47.9 Å². The normalized spacial score (nSPS) is 14.7. The summed E-state index contributed by atoms with van der Waals surface area (Å²) in [6.07, 6.45) is 3.59. The van der Waals surface area contributed by atoms with Crippen molar-refractivity contribution in [2.75, 3.05) is 11.9 Å². The standard InChI is InChI=1S/C16H20N4O2S/c1-12-3-2-4-14(20-12)10-17-16-8-7-15(11-18-16)23(21,22)19-9-13-5-6-13/h2-4,7-8,11,13,19H,5-6,9-10H2,1H3,(H,17,18). The van der Waals surface area contributed by atoms with Gasteiger partial charge in [-0.25, -0.2) is 18.1 Å². The molecule has 2 aromatic heterocycles. The number of nitrogens with one attached hydrogen (secondary N) is 2. The third kappa shape index (κ3) is 4.49. The van der Waals surface area contributed by atoms with Gasteiger partial charge in [0.2, 0.25) is 10.0 Å². The van der Waals surface area contributed by atoms with E-state index in [9.17, 15) is 8.42 Å². The van der Waals surface area contributed by atoms with Crippen molar-refractivity contribution in [2.24, 2.45) is 5.92 Å². The molecule has 2 heterocycles. The molecule has 0 saturated heterocycles. The summed E-state index contributed by atoms with van der Waals surface area (Å²) in [6, 6.07) is 9.06. The molecule has 0 atom stereocenters. The van der Waals surface area contributed by atoms with E-state index >= 15 is 0 Å². The molecule has 0 bridgehead atoms. The number of anilines is 1. The summed E-state index contributed by atoms with van der Waals surface area (Å²) in [5.74, 6) is 1.12. The van der Waals surface area contributed by atoms with Crippen LogP contribution in [-0.2, 0) is 16.6 Å². The minimum Gasteiger partial charge on any atom is -0.364 e. The monoisotopic (exact) mass is 332 g/mol. The number of sulfonamides is 1. The predicted octanol–water partition coefficient (Wildman–Crippen LogP) is 2.09. The molecule has 6 nitrogen and oxygen atoms in total. The number of pyridine rings is 2. The van der Waals surface area contributed by atoms with E-state index in [1.165, 1.54) is 6.20 Å². The first kappa shape index (κ1) is 15.9. The van der Waals surface area contributed by atoms with Gasteiger partial charge in [-0.15, -0.1) is 0 Å². The van der Waals surface area contributed by atoms with Crippen LogP contribution < -0.4 is 10.0 Å². The highest BCUT2D eigenvalue weighted by atomic mass is 32.2. The van der Waals surface area contributed by atoms with Gasteiger partial charge < -0.3 is 5.32 Å². The third-order valence-electron chi connectivity index (χ3n) is 3.70. The van der Waals surface area contributed by atoms with Gasteiger partial charge in [-0.05, 0) is 49.9 Å². The minimum absolute atomic E-state index is 0.192. The molecule has 2 aromatic rings. The lowest BCUT2D eigenvalue weighted by Crippen LogP contribution is -2.25. The smallest absolute Gasteiger partial charge is 0.242 e. The Labute approximate surface area is 136 Å². The van der Waals surface area contributed by atoms with Gasteiger partial charge in [0.05, 0.1) is 12.2 Å². The number of nitrogens with zero attached hydrogens (tertiary/aromatic N) is 2. The van der Waals surface area contributed by atoms with Crippen molar-refractivity contribution in [3.8, 4) is 0 Å². The molecule has 0 spiro atoms. The summed E-state index contributed by atoms with van der Waals surface area (Å²) in [4.78, 5) is 8.75. The molecular weight excluding hydrogens is 312 g/mol. The Balaban J connectivity index is 1.60. The molecule has 1 saturated carbocycles. The second-order valence-corrected chi connectivity index (χ2v) is 7.57. The summed E-state index contributed by atoms with van der Waals surface area (Å²) in [5.41, 5.74) is 1.87. The van der Waals surface area contributed by atoms with Gasteiger partial charge in [0.25, 0.3) is 0 Å². The van der Waals surface area contributed by atoms with Gasteiger partial charge in [-0.3, -0.25) is 4.98 Å². The van der Waals surface area contributed by atoms with Gasteiger partial charge in [0.15, 0.2) is 0 Å². The number of aromatic nitrogens is 2. The third-order valence-corrected chi connectivity index (χ3v) is 5.11. The number of aryl methyl sites for hydroxylation is 1. The molecular formula is C16H20N4O2S. The van der Waals surface area contributed by atoms with Crippen molar-refractivity contribution in [2.45, 2.75) is 31.2 Å². The van der Waals surface area contributed by atoms with E-state index in [0.29, 0.717) is 24.8 Å². The van der Waals surface area contributed by atoms with Crippen molar-refractivity contribution >= 4 is 15.8 Å². The fraction of sp³-hybridized carbons (Fsp3) is 0.375. The molecule has 7 heteroatoms. The fourth-order valence-corrected chi connectivity index (χ4v) is 3.22. The van der Waals surface area contributed by atoms with E-state index < -0.39 is 10.0 Å². The van der Waals surface area contributed by atoms with Crippen LogP contribution in [0.3, 0.4) is 0 Å². The maximum atomic E-state index is 12.1. The van der Waals surface area contributed by atoms with Crippen molar-refractivity contribution in [3.63, 3.8) is 0 Å². The lowest BCUT2D eigenvalue weighted by molar-refractivity contribution is 0.577. The Bertz CT molecular complexity index is 771. The fourth-order valence-electron chi connectivity index (χ4n) is 2.16. The average Bonchev–Trinajstić information content (AvgIpc) is 3.36. The van der Waals surface area contributed by atoms with Gasteiger partial charge in [-0.2, -0.15) is 0 Å². The zero-order chi connectivity index (χ0) is 16.3. The van der Waals surface area contributed by atoms with Crippen LogP contribution in [0.25, 0.3) is 0 Å². The molecule has 1 fully saturated rings. The molecule has 1 aliphatic rings. The van der Waals surface area contributed by atoms with Crippen LogP contribution in [0.2, 0.25) is 0 Å². The Morgan fingerprint density at radius 2 is 2.04 bits per heavy atom.